The Morgan fingerprint density at radius 2 is 2.18 bits per heavy atom. The fourth-order valence-electron chi connectivity index (χ4n) is 3.05. The van der Waals surface area contributed by atoms with Gasteiger partial charge >= 0.3 is 0 Å². The first-order chi connectivity index (χ1) is 10.7. The number of nitrogens with zero attached hydrogens (tertiary/aromatic N) is 2. The van der Waals surface area contributed by atoms with E-state index in [1.54, 1.807) is 0 Å². The molecule has 1 aromatic carbocycles. The molecule has 1 aromatic heterocycles. The molecule has 22 heavy (non-hydrogen) atoms. The van der Waals surface area contributed by atoms with E-state index in [0.29, 0.717) is 11.7 Å². The van der Waals surface area contributed by atoms with Gasteiger partial charge in [0.25, 0.3) is 0 Å². The molecule has 2 unspecified atom stereocenters. The number of aromatic amines is 1. The van der Waals surface area contributed by atoms with Crippen molar-refractivity contribution in [1.82, 2.24) is 15.1 Å². The number of H-pyrrole nitrogens is 1. The summed E-state index contributed by atoms with van der Waals surface area (Å²) >= 11 is 0. The van der Waals surface area contributed by atoms with Crippen molar-refractivity contribution in [2.75, 3.05) is 25.4 Å². The van der Waals surface area contributed by atoms with Gasteiger partial charge in [-0.2, -0.15) is 5.10 Å². The van der Waals surface area contributed by atoms with E-state index < -0.39 is 10.8 Å². The van der Waals surface area contributed by atoms with E-state index in [0.717, 1.165) is 30.2 Å². The monoisotopic (exact) mass is 317 g/mol. The number of likely N-dealkylation sites (tertiary alicyclic amines) is 1. The highest BCUT2D eigenvalue weighted by Gasteiger charge is 2.23. The Balaban J connectivity index is 1.53. The van der Waals surface area contributed by atoms with Crippen LogP contribution in [0.25, 0.3) is 0 Å². The molecule has 0 bridgehead atoms. The fourth-order valence-corrected chi connectivity index (χ4v) is 4.17. The number of hydrogen-bond donors (Lipinski definition) is 1. The van der Waals surface area contributed by atoms with Gasteiger partial charge in [-0.1, -0.05) is 18.2 Å². The highest BCUT2D eigenvalue weighted by molar-refractivity contribution is 7.85. The van der Waals surface area contributed by atoms with Gasteiger partial charge in [0.2, 0.25) is 0 Å². The predicted octanol–water partition coefficient (Wildman–Crippen LogP) is 2.71. The standard InChI is InChI=1S/C17H23N3OS/c1-14-12-17(19-18-14)15-6-5-9-20(13-15)10-11-22(21)16-7-3-2-4-8-16/h2-4,7-8,12,15H,5-6,9-11,13H2,1H3,(H,18,19). The molecule has 2 heterocycles. The summed E-state index contributed by atoms with van der Waals surface area (Å²) in [5.41, 5.74) is 2.30. The molecule has 0 saturated carbocycles. The van der Waals surface area contributed by atoms with E-state index in [2.05, 4.69) is 21.2 Å². The van der Waals surface area contributed by atoms with Crippen LogP contribution in [0, 0.1) is 6.92 Å². The lowest BCUT2D eigenvalue weighted by atomic mass is 9.95. The van der Waals surface area contributed by atoms with E-state index in [-0.39, 0.29) is 0 Å². The molecule has 0 aliphatic carbocycles. The Morgan fingerprint density at radius 1 is 1.36 bits per heavy atom. The molecule has 2 aromatic rings. The Bertz CT molecular complexity index is 626. The molecule has 2 atom stereocenters. The van der Waals surface area contributed by atoms with Gasteiger partial charge < -0.3 is 4.90 Å². The molecule has 1 fully saturated rings. The van der Waals surface area contributed by atoms with Crippen molar-refractivity contribution < 1.29 is 4.21 Å². The van der Waals surface area contributed by atoms with Crippen LogP contribution in [-0.4, -0.2) is 44.7 Å². The van der Waals surface area contributed by atoms with Crippen LogP contribution in [-0.2, 0) is 10.8 Å². The SMILES string of the molecule is Cc1cc(C2CCCN(CCS(=O)c3ccccc3)C2)n[nH]1. The molecule has 1 saturated heterocycles. The predicted molar refractivity (Wildman–Crippen MR) is 89.5 cm³/mol. The van der Waals surface area contributed by atoms with Crippen LogP contribution >= 0.6 is 0 Å². The van der Waals surface area contributed by atoms with Gasteiger partial charge in [-0.25, -0.2) is 0 Å². The maximum absolute atomic E-state index is 12.3. The van der Waals surface area contributed by atoms with E-state index in [1.807, 2.05) is 37.3 Å². The highest BCUT2D eigenvalue weighted by Crippen LogP contribution is 2.25. The Hall–Kier alpha value is -1.46. The number of aromatic nitrogens is 2. The number of nitrogens with one attached hydrogen (secondary N) is 1. The minimum absolute atomic E-state index is 0.504. The van der Waals surface area contributed by atoms with Crippen molar-refractivity contribution in [1.29, 1.82) is 0 Å². The van der Waals surface area contributed by atoms with Crippen LogP contribution in [0.5, 0.6) is 0 Å². The van der Waals surface area contributed by atoms with E-state index in [9.17, 15) is 4.21 Å². The van der Waals surface area contributed by atoms with Crippen LogP contribution in [0.3, 0.4) is 0 Å². The van der Waals surface area contributed by atoms with Crippen molar-refractivity contribution in [2.45, 2.75) is 30.6 Å². The smallest absolute Gasteiger partial charge is 0.0668 e. The zero-order chi connectivity index (χ0) is 15.4. The number of piperidine rings is 1. The van der Waals surface area contributed by atoms with Gasteiger partial charge in [0, 0.05) is 35.3 Å². The summed E-state index contributed by atoms with van der Waals surface area (Å²) in [6.45, 7) is 5.06. The number of hydrogen-bond acceptors (Lipinski definition) is 3. The number of benzene rings is 1. The quantitative estimate of drug-likeness (QED) is 0.922. The second-order valence-corrected chi connectivity index (χ2v) is 7.55. The molecule has 5 heteroatoms. The molecule has 0 radical (unpaired) electrons. The summed E-state index contributed by atoms with van der Waals surface area (Å²) in [6, 6.07) is 11.9. The van der Waals surface area contributed by atoms with Gasteiger partial charge in [-0.3, -0.25) is 9.31 Å². The molecule has 0 spiro atoms. The minimum Gasteiger partial charge on any atom is -0.302 e. The molecule has 4 nitrogen and oxygen atoms in total. The largest absolute Gasteiger partial charge is 0.302 e. The van der Waals surface area contributed by atoms with Gasteiger partial charge in [0.15, 0.2) is 0 Å². The third-order valence-electron chi connectivity index (χ3n) is 4.25. The van der Waals surface area contributed by atoms with E-state index >= 15 is 0 Å². The maximum Gasteiger partial charge on any atom is 0.0668 e. The maximum atomic E-state index is 12.3. The van der Waals surface area contributed by atoms with E-state index in [1.165, 1.54) is 18.5 Å². The second-order valence-electron chi connectivity index (χ2n) is 5.98. The molecule has 1 aliphatic rings. The average Bonchev–Trinajstić information content (AvgIpc) is 3.00. The second kappa shape index (κ2) is 7.20. The van der Waals surface area contributed by atoms with Crippen molar-refractivity contribution in [2.24, 2.45) is 0 Å². The topological polar surface area (TPSA) is 49.0 Å². The van der Waals surface area contributed by atoms with Crippen LogP contribution in [0.1, 0.15) is 30.1 Å². The first kappa shape index (κ1) is 15.4. The van der Waals surface area contributed by atoms with Crippen molar-refractivity contribution >= 4 is 10.8 Å². The lowest BCUT2D eigenvalue weighted by Gasteiger charge is -2.31. The van der Waals surface area contributed by atoms with Crippen molar-refractivity contribution in [3.63, 3.8) is 0 Å². The van der Waals surface area contributed by atoms with Crippen LogP contribution in [0.15, 0.2) is 41.3 Å². The number of aryl methyl sites for hydroxylation is 1. The zero-order valence-corrected chi connectivity index (χ0v) is 13.8. The van der Waals surface area contributed by atoms with Crippen LogP contribution in [0.2, 0.25) is 0 Å². The summed E-state index contributed by atoms with van der Waals surface area (Å²) < 4.78 is 12.3. The van der Waals surface area contributed by atoms with Crippen LogP contribution in [0.4, 0.5) is 0 Å². The highest BCUT2D eigenvalue weighted by atomic mass is 32.2. The summed E-state index contributed by atoms with van der Waals surface area (Å²) in [5, 5.41) is 7.44. The van der Waals surface area contributed by atoms with Gasteiger partial charge in [0.05, 0.1) is 16.5 Å². The summed E-state index contributed by atoms with van der Waals surface area (Å²) in [5.74, 6) is 1.21. The van der Waals surface area contributed by atoms with Gasteiger partial charge in [-0.15, -0.1) is 0 Å². The van der Waals surface area contributed by atoms with Gasteiger partial charge in [-0.05, 0) is 44.5 Å². The molecule has 3 rings (SSSR count). The third kappa shape index (κ3) is 3.84. The van der Waals surface area contributed by atoms with Crippen LogP contribution < -0.4 is 0 Å². The molecular formula is C17H23N3OS. The Kier molecular flexibility index (Phi) is 5.05. The Labute approximate surface area is 134 Å². The molecule has 118 valence electrons. The normalized spacial score (nSPS) is 20.9. The van der Waals surface area contributed by atoms with Gasteiger partial charge in [0.1, 0.15) is 0 Å². The summed E-state index contributed by atoms with van der Waals surface area (Å²) in [4.78, 5) is 3.36. The molecular weight excluding hydrogens is 294 g/mol. The Morgan fingerprint density at radius 3 is 2.91 bits per heavy atom. The third-order valence-corrected chi connectivity index (χ3v) is 5.60. The zero-order valence-electron chi connectivity index (χ0n) is 13.0. The number of rotatable bonds is 5. The lowest BCUT2D eigenvalue weighted by Crippen LogP contribution is -2.37. The first-order valence-electron chi connectivity index (χ1n) is 7.90. The van der Waals surface area contributed by atoms with Crippen molar-refractivity contribution in [3.8, 4) is 0 Å². The molecule has 0 amide bonds. The lowest BCUT2D eigenvalue weighted by molar-refractivity contribution is 0.217. The first-order valence-corrected chi connectivity index (χ1v) is 9.22. The minimum atomic E-state index is -0.900. The summed E-state index contributed by atoms with van der Waals surface area (Å²) in [6.07, 6.45) is 2.39. The fraction of sp³-hybridized carbons (Fsp3) is 0.471. The molecule has 1 aliphatic heterocycles. The molecule has 1 N–H and O–H groups in total. The average molecular weight is 317 g/mol. The van der Waals surface area contributed by atoms with Crippen molar-refractivity contribution in [3.05, 3.63) is 47.8 Å². The summed E-state index contributed by atoms with van der Waals surface area (Å²) in [7, 11) is -0.900. The van der Waals surface area contributed by atoms with E-state index in [4.69, 9.17) is 0 Å².